The Balaban J connectivity index is 1.70. The number of thiocarbonyl (C=S) groups is 1. The number of ether oxygens (including phenoxy) is 1. The van der Waals surface area contributed by atoms with Crippen molar-refractivity contribution in [1.82, 2.24) is 14.9 Å². The predicted molar refractivity (Wildman–Crippen MR) is 150 cm³/mol. The molecule has 0 amide bonds. The van der Waals surface area contributed by atoms with Gasteiger partial charge in [-0.3, -0.25) is 4.98 Å². The Kier molecular flexibility index (Phi) is 6.54. The van der Waals surface area contributed by atoms with Crippen molar-refractivity contribution >= 4 is 23.0 Å². The first-order chi connectivity index (χ1) is 17.4. The van der Waals surface area contributed by atoms with Gasteiger partial charge in [-0.15, -0.1) is 0 Å². The molecule has 0 unspecified atom stereocenters. The fraction of sp³-hybridized carbons (Fsp3) is 0.267. The Morgan fingerprint density at radius 1 is 1.00 bits per heavy atom. The Hall–Kier alpha value is -3.64. The number of methoxy groups -OCH3 is 1. The molecule has 5 rings (SSSR count). The van der Waals surface area contributed by atoms with Gasteiger partial charge >= 0.3 is 0 Å². The largest absolute Gasteiger partial charge is 0.497 e. The van der Waals surface area contributed by atoms with Crippen LogP contribution in [0.4, 0.5) is 5.69 Å². The number of pyridine rings is 1. The van der Waals surface area contributed by atoms with Crippen molar-refractivity contribution in [1.29, 1.82) is 0 Å². The van der Waals surface area contributed by atoms with Crippen LogP contribution in [0.15, 0.2) is 72.9 Å². The molecule has 0 saturated carbocycles. The summed E-state index contributed by atoms with van der Waals surface area (Å²) in [6.07, 6.45) is 2.82. The standard InChI is InChI=1S/C30H32N4OS/c1-6-22-11-9-10-19(2)28(22)33-20(3)18-25(21(33)4)29-27(26-12-7-8-17-31-26)32-30(36)34(29)23-13-15-24(35-5)16-14-23/h7-18,27,29H,6H2,1-5H3,(H,32,36)/t27-,29-/m1/s1. The Morgan fingerprint density at radius 2 is 1.78 bits per heavy atom. The van der Waals surface area contributed by atoms with E-state index >= 15 is 0 Å². The van der Waals surface area contributed by atoms with Crippen molar-refractivity contribution in [3.05, 3.63) is 107 Å². The van der Waals surface area contributed by atoms with Crippen LogP contribution in [-0.2, 0) is 6.42 Å². The lowest BCUT2D eigenvalue weighted by atomic mass is 9.96. The molecule has 2 atom stereocenters. The van der Waals surface area contributed by atoms with E-state index in [0.29, 0.717) is 5.11 Å². The quantitative estimate of drug-likeness (QED) is 0.307. The molecule has 0 radical (unpaired) electrons. The van der Waals surface area contributed by atoms with Crippen molar-refractivity contribution < 1.29 is 4.74 Å². The minimum atomic E-state index is -0.0859. The molecule has 0 spiro atoms. The lowest BCUT2D eigenvalue weighted by Crippen LogP contribution is -2.29. The first-order valence-electron chi connectivity index (χ1n) is 12.4. The van der Waals surface area contributed by atoms with Crippen molar-refractivity contribution in [2.75, 3.05) is 12.0 Å². The molecule has 2 aromatic carbocycles. The summed E-state index contributed by atoms with van der Waals surface area (Å²) in [5, 5.41) is 4.27. The average Bonchev–Trinajstić information content (AvgIpc) is 3.39. The van der Waals surface area contributed by atoms with Crippen LogP contribution in [0.25, 0.3) is 5.69 Å². The topological polar surface area (TPSA) is 42.3 Å². The highest BCUT2D eigenvalue weighted by molar-refractivity contribution is 7.80. The molecule has 1 N–H and O–H groups in total. The fourth-order valence-electron chi connectivity index (χ4n) is 5.45. The zero-order valence-corrected chi connectivity index (χ0v) is 22.3. The molecule has 184 valence electrons. The van der Waals surface area contributed by atoms with Gasteiger partial charge in [0, 0.05) is 23.3 Å². The number of nitrogens with one attached hydrogen (secondary N) is 1. The summed E-state index contributed by atoms with van der Waals surface area (Å²) in [5.74, 6) is 0.819. The molecule has 5 nitrogen and oxygen atoms in total. The summed E-state index contributed by atoms with van der Waals surface area (Å²) in [7, 11) is 1.68. The molecule has 1 aliphatic rings. The number of benzene rings is 2. The third-order valence-corrected chi connectivity index (χ3v) is 7.48. The van der Waals surface area contributed by atoms with Gasteiger partial charge in [-0.1, -0.05) is 31.2 Å². The summed E-state index contributed by atoms with van der Waals surface area (Å²) < 4.78 is 7.81. The second kappa shape index (κ2) is 9.78. The molecule has 1 saturated heterocycles. The number of aryl methyl sites for hydroxylation is 3. The number of hydrogen-bond acceptors (Lipinski definition) is 3. The van der Waals surface area contributed by atoms with E-state index in [1.54, 1.807) is 7.11 Å². The summed E-state index contributed by atoms with van der Waals surface area (Å²) in [5.41, 5.74) is 9.54. The highest BCUT2D eigenvalue weighted by Gasteiger charge is 2.42. The molecule has 2 aromatic heterocycles. The van der Waals surface area contributed by atoms with Gasteiger partial charge in [0.2, 0.25) is 0 Å². The first kappa shape index (κ1) is 24.1. The van der Waals surface area contributed by atoms with Crippen LogP contribution in [0.5, 0.6) is 5.75 Å². The summed E-state index contributed by atoms with van der Waals surface area (Å²) >= 11 is 5.92. The molecule has 0 bridgehead atoms. The Morgan fingerprint density at radius 3 is 2.44 bits per heavy atom. The van der Waals surface area contributed by atoms with E-state index in [9.17, 15) is 0 Å². The normalized spacial score (nSPS) is 17.4. The molecule has 0 aliphatic carbocycles. The number of hydrogen-bond donors (Lipinski definition) is 1. The second-order valence-electron chi connectivity index (χ2n) is 9.29. The minimum absolute atomic E-state index is 0.0603. The van der Waals surface area contributed by atoms with Crippen molar-refractivity contribution in [2.24, 2.45) is 0 Å². The minimum Gasteiger partial charge on any atom is -0.497 e. The van der Waals surface area contributed by atoms with Gasteiger partial charge in [-0.25, -0.2) is 0 Å². The number of nitrogens with zero attached hydrogens (tertiary/aromatic N) is 3. The highest BCUT2D eigenvalue weighted by Crippen LogP contribution is 2.44. The van der Waals surface area contributed by atoms with E-state index < -0.39 is 0 Å². The Bertz CT molecular complexity index is 1390. The number of para-hydroxylation sites is 1. The van der Waals surface area contributed by atoms with Gasteiger partial charge in [0.25, 0.3) is 0 Å². The zero-order valence-electron chi connectivity index (χ0n) is 21.4. The van der Waals surface area contributed by atoms with E-state index in [0.717, 1.165) is 23.6 Å². The van der Waals surface area contributed by atoms with E-state index in [-0.39, 0.29) is 12.1 Å². The third kappa shape index (κ3) is 4.05. The molecule has 6 heteroatoms. The van der Waals surface area contributed by atoms with E-state index in [4.69, 9.17) is 21.9 Å². The van der Waals surface area contributed by atoms with Crippen LogP contribution in [-0.4, -0.2) is 21.8 Å². The van der Waals surface area contributed by atoms with Gasteiger partial charge in [-0.05, 0) is 98.6 Å². The maximum absolute atomic E-state index is 5.92. The molecule has 1 fully saturated rings. The van der Waals surface area contributed by atoms with Gasteiger partial charge in [0.05, 0.1) is 30.6 Å². The van der Waals surface area contributed by atoms with Crippen LogP contribution in [0.1, 0.15) is 52.8 Å². The van der Waals surface area contributed by atoms with Gasteiger partial charge < -0.3 is 19.5 Å². The predicted octanol–water partition coefficient (Wildman–Crippen LogP) is 6.55. The fourth-order valence-corrected chi connectivity index (χ4v) is 5.79. The first-order valence-corrected chi connectivity index (χ1v) is 12.8. The van der Waals surface area contributed by atoms with Crippen LogP contribution < -0.4 is 15.0 Å². The maximum atomic E-state index is 5.92. The maximum Gasteiger partial charge on any atom is 0.174 e. The van der Waals surface area contributed by atoms with Crippen molar-refractivity contribution in [3.8, 4) is 11.4 Å². The molecule has 36 heavy (non-hydrogen) atoms. The molecular formula is C30H32N4OS. The SMILES string of the molecule is CCc1cccc(C)c1-n1c(C)cc([C@@H]2[C@@H](c3ccccn3)NC(=S)N2c2ccc(OC)cc2)c1C. The summed E-state index contributed by atoms with van der Waals surface area (Å²) in [6.45, 7) is 8.82. The van der Waals surface area contributed by atoms with Gasteiger partial charge in [-0.2, -0.15) is 0 Å². The zero-order chi connectivity index (χ0) is 25.4. The molecular weight excluding hydrogens is 464 g/mol. The summed E-state index contributed by atoms with van der Waals surface area (Å²) in [4.78, 5) is 6.93. The van der Waals surface area contributed by atoms with E-state index in [1.165, 1.54) is 33.8 Å². The van der Waals surface area contributed by atoms with Gasteiger partial charge in [0.1, 0.15) is 5.75 Å². The number of anilines is 1. The van der Waals surface area contributed by atoms with E-state index in [2.05, 4.69) is 84.9 Å². The third-order valence-electron chi connectivity index (χ3n) is 7.16. The second-order valence-corrected chi connectivity index (χ2v) is 9.68. The average molecular weight is 497 g/mol. The number of rotatable bonds is 6. The van der Waals surface area contributed by atoms with Crippen LogP contribution in [0.2, 0.25) is 0 Å². The Labute approximate surface area is 218 Å². The van der Waals surface area contributed by atoms with Crippen LogP contribution >= 0.6 is 12.2 Å². The van der Waals surface area contributed by atoms with Crippen LogP contribution in [0.3, 0.4) is 0 Å². The monoisotopic (exact) mass is 496 g/mol. The molecule has 4 aromatic rings. The molecule has 3 heterocycles. The van der Waals surface area contributed by atoms with Crippen molar-refractivity contribution in [2.45, 2.75) is 46.2 Å². The smallest absolute Gasteiger partial charge is 0.174 e. The number of aromatic nitrogens is 2. The lowest BCUT2D eigenvalue weighted by Gasteiger charge is -2.28. The summed E-state index contributed by atoms with van der Waals surface area (Å²) in [6, 6.07) is 22.9. The van der Waals surface area contributed by atoms with Gasteiger partial charge in [0.15, 0.2) is 5.11 Å². The van der Waals surface area contributed by atoms with Crippen molar-refractivity contribution in [3.63, 3.8) is 0 Å². The molecule has 1 aliphatic heterocycles. The van der Waals surface area contributed by atoms with Crippen LogP contribution in [0, 0.1) is 20.8 Å². The lowest BCUT2D eigenvalue weighted by molar-refractivity contribution is 0.415. The highest BCUT2D eigenvalue weighted by atomic mass is 32.1. The van der Waals surface area contributed by atoms with E-state index in [1.807, 2.05) is 30.5 Å².